The fraction of sp³-hybridized carbons (Fsp3) is 0.875. The first-order chi connectivity index (χ1) is 10.7. The SMILES string of the molecule is O=C(CN1CCOCC1)OC1CC2CC1CC21CCOC1=O. The largest absolute Gasteiger partial charge is 0.465 e. The molecule has 2 aliphatic heterocycles. The lowest BCUT2D eigenvalue weighted by molar-refractivity contribution is -0.157. The van der Waals surface area contributed by atoms with Gasteiger partial charge in [-0.05, 0) is 37.5 Å². The monoisotopic (exact) mass is 309 g/mol. The molecule has 4 fully saturated rings. The third-order valence-corrected chi connectivity index (χ3v) is 5.96. The maximum Gasteiger partial charge on any atom is 0.320 e. The fourth-order valence-electron chi connectivity index (χ4n) is 4.81. The molecule has 0 amide bonds. The zero-order valence-electron chi connectivity index (χ0n) is 12.8. The van der Waals surface area contributed by atoms with E-state index in [-0.39, 0.29) is 23.5 Å². The van der Waals surface area contributed by atoms with Gasteiger partial charge in [0, 0.05) is 13.1 Å². The van der Waals surface area contributed by atoms with E-state index in [0.29, 0.717) is 38.2 Å². The molecule has 2 bridgehead atoms. The van der Waals surface area contributed by atoms with Crippen molar-refractivity contribution in [3.63, 3.8) is 0 Å². The number of nitrogens with zero attached hydrogens (tertiary/aromatic N) is 1. The third kappa shape index (κ3) is 2.33. The second-order valence-electron chi connectivity index (χ2n) is 7.09. The second kappa shape index (κ2) is 5.49. The molecule has 4 atom stereocenters. The highest BCUT2D eigenvalue weighted by Crippen LogP contribution is 2.60. The third-order valence-electron chi connectivity index (χ3n) is 5.96. The van der Waals surface area contributed by atoms with E-state index in [2.05, 4.69) is 4.90 Å². The van der Waals surface area contributed by atoms with Crippen LogP contribution < -0.4 is 0 Å². The predicted octanol–water partition coefficient (Wildman–Crippen LogP) is 0.594. The van der Waals surface area contributed by atoms with Crippen LogP contribution in [0.25, 0.3) is 0 Å². The van der Waals surface area contributed by atoms with E-state index in [1.807, 2.05) is 0 Å². The van der Waals surface area contributed by atoms with Gasteiger partial charge in [0.2, 0.25) is 0 Å². The lowest BCUT2D eigenvalue weighted by Crippen LogP contribution is -2.42. The first-order valence-electron chi connectivity index (χ1n) is 8.34. The smallest absolute Gasteiger partial charge is 0.320 e. The van der Waals surface area contributed by atoms with Crippen molar-refractivity contribution in [3.8, 4) is 0 Å². The van der Waals surface area contributed by atoms with Crippen LogP contribution in [0.4, 0.5) is 0 Å². The molecule has 4 aliphatic rings. The van der Waals surface area contributed by atoms with Gasteiger partial charge in [0.05, 0.1) is 31.8 Å². The van der Waals surface area contributed by atoms with Crippen molar-refractivity contribution in [1.82, 2.24) is 4.90 Å². The molecule has 1 spiro atoms. The van der Waals surface area contributed by atoms with Crippen LogP contribution >= 0.6 is 0 Å². The standard InChI is InChI=1S/C16H23NO5/c18-14(10-17-2-5-20-6-3-17)22-13-8-12-7-11(13)9-16(12)1-4-21-15(16)19/h11-13H,1-10H2. The Balaban J connectivity index is 1.31. The van der Waals surface area contributed by atoms with Gasteiger partial charge in [-0.3, -0.25) is 14.5 Å². The Kier molecular flexibility index (Phi) is 3.61. The summed E-state index contributed by atoms with van der Waals surface area (Å²) in [5, 5.41) is 0. The van der Waals surface area contributed by atoms with Crippen molar-refractivity contribution in [1.29, 1.82) is 0 Å². The van der Waals surface area contributed by atoms with Crippen LogP contribution in [0.2, 0.25) is 0 Å². The van der Waals surface area contributed by atoms with Crippen molar-refractivity contribution in [2.45, 2.75) is 31.8 Å². The Labute approximate surface area is 130 Å². The second-order valence-corrected chi connectivity index (χ2v) is 7.09. The Morgan fingerprint density at radius 3 is 2.73 bits per heavy atom. The van der Waals surface area contributed by atoms with Crippen molar-refractivity contribution in [3.05, 3.63) is 0 Å². The van der Waals surface area contributed by atoms with Crippen LogP contribution in [0.3, 0.4) is 0 Å². The molecule has 0 aromatic carbocycles. The van der Waals surface area contributed by atoms with Gasteiger partial charge in [0.1, 0.15) is 6.10 Å². The van der Waals surface area contributed by atoms with Crippen LogP contribution in [-0.4, -0.2) is 62.4 Å². The Morgan fingerprint density at radius 2 is 2.09 bits per heavy atom. The molecule has 6 nitrogen and oxygen atoms in total. The van der Waals surface area contributed by atoms with Crippen molar-refractivity contribution in [2.75, 3.05) is 39.5 Å². The number of carbonyl (C=O) groups excluding carboxylic acids is 2. The van der Waals surface area contributed by atoms with Crippen LogP contribution in [-0.2, 0) is 23.8 Å². The number of hydrogen-bond donors (Lipinski definition) is 0. The molecule has 22 heavy (non-hydrogen) atoms. The molecule has 4 unspecified atom stereocenters. The minimum atomic E-state index is -0.252. The highest BCUT2D eigenvalue weighted by atomic mass is 16.5. The number of ether oxygens (including phenoxy) is 3. The molecule has 122 valence electrons. The van der Waals surface area contributed by atoms with Gasteiger partial charge in [-0.2, -0.15) is 0 Å². The summed E-state index contributed by atoms with van der Waals surface area (Å²) in [5.74, 6) is 0.526. The summed E-state index contributed by atoms with van der Waals surface area (Å²) in [6, 6.07) is 0. The fourth-order valence-corrected chi connectivity index (χ4v) is 4.81. The first-order valence-corrected chi connectivity index (χ1v) is 8.34. The number of morpholine rings is 1. The van der Waals surface area contributed by atoms with Gasteiger partial charge in [-0.25, -0.2) is 0 Å². The summed E-state index contributed by atoms with van der Waals surface area (Å²) in [6.45, 7) is 3.87. The molecule has 0 N–H and O–H groups in total. The van der Waals surface area contributed by atoms with Gasteiger partial charge in [0.15, 0.2) is 0 Å². The zero-order valence-corrected chi connectivity index (χ0v) is 12.8. The van der Waals surface area contributed by atoms with Crippen molar-refractivity contribution >= 4 is 11.9 Å². The summed E-state index contributed by atoms with van der Waals surface area (Å²) in [4.78, 5) is 26.2. The minimum absolute atomic E-state index is 0.00225. The Hall–Kier alpha value is -1.14. The van der Waals surface area contributed by atoms with Crippen LogP contribution in [0.1, 0.15) is 25.7 Å². The maximum atomic E-state index is 12.1. The summed E-state index contributed by atoms with van der Waals surface area (Å²) in [6.07, 6.45) is 3.52. The van der Waals surface area contributed by atoms with E-state index in [1.165, 1.54) is 0 Å². The van der Waals surface area contributed by atoms with Gasteiger partial charge >= 0.3 is 11.9 Å². The van der Waals surface area contributed by atoms with Crippen molar-refractivity contribution in [2.24, 2.45) is 17.3 Å². The summed E-state index contributed by atoms with van der Waals surface area (Å²) in [5.41, 5.74) is -0.252. The van der Waals surface area contributed by atoms with E-state index in [4.69, 9.17) is 14.2 Å². The van der Waals surface area contributed by atoms with Crippen LogP contribution in [0.5, 0.6) is 0 Å². The molecular formula is C16H23NO5. The highest BCUT2D eigenvalue weighted by molar-refractivity contribution is 5.80. The molecular weight excluding hydrogens is 286 g/mol. The molecule has 6 heteroatoms. The number of hydrogen-bond acceptors (Lipinski definition) is 6. The predicted molar refractivity (Wildman–Crippen MR) is 76.0 cm³/mol. The molecule has 2 heterocycles. The Morgan fingerprint density at radius 1 is 1.27 bits per heavy atom. The van der Waals surface area contributed by atoms with Gasteiger partial charge < -0.3 is 14.2 Å². The van der Waals surface area contributed by atoms with E-state index in [9.17, 15) is 9.59 Å². The quantitative estimate of drug-likeness (QED) is 0.711. The average Bonchev–Trinajstić information content (AvgIpc) is 3.16. The Bertz CT molecular complexity index is 475. The van der Waals surface area contributed by atoms with Gasteiger partial charge in [-0.1, -0.05) is 0 Å². The van der Waals surface area contributed by atoms with Crippen LogP contribution in [0.15, 0.2) is 0 Å². The van der Waals surface area contributed by atoms with E-state index in [0.717, 1.165) is 38.8 Å². The first kappa shape index (κ1) is 14.5. The summed E-state index contributed by atoms with van der Waals surface area (Å²) >= 11 is 0. The molecule has 0 radical (unpaired) electrons. The van der Waals surface area contributed by atoms with Gasteiger partial charge in [0.25, 0.3) is 0 Å². The maximum absolute atomic E-state index is 12.1. The molecule has 0 aromatic rings. The number of carbonyl (C=O) groups is 2. The lowest BCUT2D eigenvalue weighted by Gasteiger charge is -2.33. The number of cyclic esters (lactones) is 1. The molecule has 2 aliphatic carbocycles. The van der Waals surface area contributed by atoms with Crippen LogP contribution in [0, 0.1) is 17.3 Å². The normalized spacial score (nSPS) is 41.1. The topological polar surface area (TPSA) is 65.1 Å². The molecule has 0 aromatic heterocycles. The number of esters is 2. The summed E-state index contributed by atoms with van der Waals surface area (Å²) in [7, 11) is 0. The minimum Gasteiger partial charge on any atom is -0.465 e. The zero-order chi connectivity index (χ0) is 15.2. The molecule has 4 rings (SSSR count). The molecule has 2 saturated heterocycles. The molecule has 2 saturated carbocycles. The number of rotatable bonds is 3. The van der Waals surface area contributed by atoms with E-state index in [1.54, 1.807) is 0 Å². The summed E-state index contributed by atoms with van der Waals surface area (Å²) < 4.78 is 16.2. The van der Waals surface area contributed by atoms with E-state index >= 15 is 0 Å². The highest BCUT2D eigenvalue weighted by Gasteiger charge is 2.62. The number of fused-ring (bicyclic) bond motifs is 3. The average molecular weight is 309 g/mol. The van der Waals surface area contributed by atoms with E-state index < -0.39 is 0 Å². The van der Waals surface area contributed by atoms with Gasteiger partial charge in [-0.15, -0.1) is 0 Å². The van der Waals surface area contributed by atoms with Crippen molar-refractivity contribution < 1.29 is 23.8 Å². The lowest BCUT2D eigenvalue weighted by atomic mass is 9.71.